The van der Waals surface area contributed by atoms with Gasteiger partial charge in [-0.25, -0.2) is 4.98 Å². The fourth-order valence-electron chi connectivity index (χ4n) is 2.80. The summed E-state index contributed by atoms with van der Waals surface area (Å²) in [6, 6.07) is 7.90. The zero-order valence-corrected chi connectivity index (χ0v) is 18.2. The molecule has 28 heavy (non-hydrogen) atoms. The number of nitrogens with zero attached hydrogens (tertiary/aromatic N) is 1. The van der Waals surface area contributed by atoms with Gasteiger partial charge in [0.25, 0.3) is 5.91 Å². The summed E-state index contributed by atoms with van der Waals surface area (Å²) in [7, 11) is 2.00. The van der Waals surface area contributed by atoms with Crippen LogP contribution in [0.4, 0.5) is 5.69 Å². The third kappa shape index (κ3) is 7.40. The Kier molecular flexibility index (Phi) is 8.14. The van der Waals surface area contributed by atoms with Gasteiger partial charge >= 0.3 is 0 Å². The van der Waals surface area contributed by atoms with Crippen molar-refractivity contribution in [3.05, 3.63) is 34.7 Å². The van der Waals surface area contributed by atoms with Crippen LogP contribution in [0, 0.1) is 5.92 Å². The fraction of sp³-hybridized carbons (Fsp3) is 0.476. The van der Waals surface area contributed by atoms with Crippen LogP contribution in [0.5, 0.6) is 0 Å². The van der Waals surface area contributed by atoms with E-state index in [4.69, 9.17) is 4.98 Å². The first kappa shape index (κ1) is 22.0. The lowest BCUT2D eigenvalue weighted by atomic mass is 10.1. The Morgan fingerprint density at radius 1 is 1.11 bits per heavy atom. The predicted molar refractivity (Wildman–Crippen MR) is 114 cm³/mol. The Morgan fingerprint density at radius 2 is 1.79 bits per heavy atom. The molecule has 152 valence electrons. The SMILES string of the molecule is CC(C)CC(=O)Nc1ccc(-c2csc(C[NH+](C)CC(=O)NC(C)C)n2)cc1. The lowest BCUT2D eigenvalue weighted by Gasteiger charge is -2.13. The quantitative estimate of drug-likeness (QED) is 0.602. The molecular formula is C21H31N4O2S+. The molecule has 6 nitrogen and oxygen atoms in total. The maximum absolute atomic E-state index is 11.9. The molecule has 1 atom stereocenters. The summed E-state index contributed by atoms with van der Waals surface area (Å²) in [4.78, 5) is 29.5. The average Bonchev–Trinajstić information content (AvgIpc) is 3.02. The molecule has 0 saturated carbocycles. The molecule has 7 heteroatoms. The van der Waals surface area contributed by atoms with Crippen LogP contribution in [0.15, 0.2) is 29.6 Å². The van der Waals surface area contributed by atoms with Crippen molar-refractivity contribution in [2.75, 3.05) is 18.9 Å². The van der Waals surface area contributed by atoms with E-state index in [9.17, 15) is 9.59 Å². The average molecular weight is 404 g/mol. The molecule has 2 amide bonds. The molecule has 0 saturated heterocycles. The Morgan fingerprint density at radius 3 is 2.39 bits per heavy atom. The lowest BCUT2D eigenvalue weighted by Crippen LogP contribution is -3.09. The van der Waals surface area contributed by atoms with Crippen LogP contribution < -0.4 is 15.5 Å². The molecule has 1 heterocycles. The maximum Gasteiger partial charge on any atom is 0.275 e. The number of likely N-dealkylation sites (N-methyl/N-ethyl adjacent to an activating group) is 1. The first-order valence-corrected chi connectivity index (χ1v) is 10.6. The van der Waals surface area contributed by atoms with Crippen LogP contribution in [0.2, 0.25) is 0 Å². The van der Waals surface area contributed by atoms with E-state index >= 15 is 0 Å². The predicted octanol–water partition coefficient (Wildman–Crippen LogP) is 2.33. The van der Waals surface area contributed by atoms with Crippen LogP contribution in [-0.2, 0) is 16.1 Å². The van der Waals surface area contributed by atoms with Gasteiger partial charge in [0.2, 0.25) is 5.91 Å². The lowest BCUT2D eigenvalue weighted by molar-refractivity contribution is -0.885. The number of carbonyl (C=O) groups excluding carboxylic acids is 2. The van der Waals surface area contributed by atoms with E-state index in [1.165, 1.54) is 0 Å². The van der Waals surface area contributed by atoms with E-state index in [2.05, 4.69) is 10.6 Å². The highest BCUT2D eigenvalue weighted by Gasteiger charge is 2.14. The van der Waals surface area contributed by atoms with E-state index in [-0.39, 0.29) is 17.9 Å². The normalized spacial score (nSPS) is 12.2. The number of nitrogens with one attached hydrogen (secondary N) is 3. The van der Waals surface area contributed by atoms with E-state index in [0.717, 1.165) is 26.9 Å². The van der Waals surface area contributed by atoms with Gasteiger partial charge in [0.15, 0.2) is 6.54 Å². The smallest absolute Gasteiger partial charge is 0.275 e. The van der Waals surface area contributed by atoms with E-state index < -0.39 is 0 Å². The fourth-order valence-corrected chi connectivity index (χ4v) is 3.72. The number of hydrogen-bond acceptors (Lipinski definition) is 4. The number of carbonyl (C=O) groups is 2. The molecule has 0 spiro atoms. The summed E-state index contributed by atoms with van der Waals surface area (Å²) in [6.45, 7) is 9.11. The molecule has 1 aromatic heterocycles. The number of aromatic nitrogens is 1. The second-order valence-corrected chi connectivity index (χ2v) is 8.83. The summed E-state index contributed by atoms with van der Waals surface area (Å²) in [5.41, 5.74) is 2.73. The topological polar surface area (TPSA) is 75.5 Å². The number of quaternary nitrogens is 1. The summed E-state index contributed by atoms with van der Waals surface area (Å²) in [6.07, 6.45) is 0.516. The van der Waals surface area contributed by atoms with Crippen LogP contribution in [0.1, 0.15) is 39.1 Å². The molecule has 2 aromatic rings. The van der Waals surface area contributed by atoms with Gasteiger partial charge in [-0.15, -0.1) is 11.3 Å². The minimum absolute atomic E-state index is 0.0335. The monoisotopic (exact) mass is 403 g/mol. The highest BCUT2D eigenvalue weighted by atomic mass is 32.1. The summed E-state index contributed by atoms with van der Waals surface area (Å²) in [5.74, 6) is 0.426. The van der Waals surface area contributed by atoms with Crippen LogP contribution in [0.25, 0.3) is 11.3 Å². The van der Waals surface area contributed by atoms with Gasteiger partial charge < -0.3 is 15.5 Å². The number of thiazole rings is 1. The number of benzene rings is 1. The van der Waals surface area contributed by atoms with Gasteiger partial charge in [0, 0.05) is 29.1 Å². The zero-order chi connectivity index (χ0) is 20.7. The largest absolute Gasteiger partial charge is 0.349 e. The molecular weight excluding hydrogens is 372 g/mol. The van der Waals surface area contributed by atoms with E-state index in [1.807, 2.05) is 64.4 Å². The Labute approximate surface area is 171 Å². The van der Waals surface area contributed by atoms with Crippen molar-refractivity contribution in [1.82, 2.24) is 10.3 Å². The van der Waals surface area contributed by atoms with Crippen LogP contribution >= 0.6 is 11.3 Å². The molecule has 3 N–H and O–H groups in total. The van der Waals surface area contributed by atoms with Gasteiger partial charge in [0.1, 0.15) is 11.6 Å². The summed E-state index contributed by atoms with van der Waals surface area (Å²) < 4.78 is 0. The molecule has 0 bridgehead atoms. The summed E-state index contributed by atoms with van der Waals surface area (Å²) in [5, 5.41) is 8.86. The van der Waals surface area contributed by atoms with Gasteiger partial charge in [0.05, 0.1) is 12.7 Å². The van der Waals surface area contributed by atoms with E-state index in [0.29, 0.717) is 25.4 Å². The minimum atomic E-state index is 0.0335. The summed E-state index contributed by atoms with van der Waals surface area (Å²) >= 11 is 1.60. The number of anilines is 1. The number of hydrogen-bond donors (Lipinski definition) is 3. The molecule has 2 rings (SSSR count). The van der Waals surface area contributed by atoms with Crippen molar-refractivity contribution in [3.8, 4) is 11.3 Å². The third-order valence-corrected chi connectivity index (χ3v) is 4.82. The van der Waals surface area contributed by atoms with Crippen molar-refractivity contribution in [1.29, 1.82) is 0 Å². The van der Waals surface area contributed by atoms with Gasteiger partial charge in [-0.3, -0.25) is 9.59 Å². The maximum atomic E-state index is 11.9. The zero-order valence-electron chi connectivity index (χ0n) is 17.3. The van der Waals surface area contributed by atoms with Crippen molar-refractivity contribution >= 4 is 28.8 Å². The van der Waals surface area contributed by atoms with Gasteiger partial charge in [-0.05, 0) is 31.9 Å². The molecule has 0 radical (unpaired) electrons. The molecule has 1 unspecified atom stereocenters. The highest BCUT2D eigenvalue weighted by Crippen LogP contribution is 2.23. The van der Waals surface area contributed by atoms with Crippen molar-refractivity contribution in [2.45, 2.75) is 46.7 Å². The first-order chi connectivity index (χ1) is 13.2. The third-order valence-electron chi connectivity index (χ3n) is 3.97. The number of amides is 2. The standard InChI is InChI=1S/C21H30N4O2S/c1-14(2)10-19(26)23-17-8-6-16(7-9-17)18-13-28-21(24-18)12-25(5)11-20(27)22-15(3)4/h6-9,13-15H,10-12H2,1-5H3,(H,22,27)(H,23,26)/p+1. The highest BCUT2D eigenvalue weighted by molar-refractivity contribution is 7.09. The number of rotatable bonds is 9. The van der Waals surface area contributed by atoms with Gasteiger partial charge in [-0.2, -0.15) is 0 Å². The molecule has 0 aliphatic carbocycles. The molecule has 0 fully saturated rings. The molecule has 0 aliphatic rings. The Bertz CT molecular complexity index is 784. The van der Waals surface area contributed by atoms with Crippen molar-refractivity contribution in [2.24, 2.45) is 5.92 Å². The van der Waals surface area contributed by atoms with Crippen LogP contribution in [-0.4, -0.2) is 36.4 Å². The van der Waals surface area contributed by atoms with Crippen LogP contribution in [0.3, 0.4) is 0 Å². The van der Waals surface area contributed by atoms with Crippen molar-refractivity contribution < 1.29 is 14.5 Å². The second-order valence-electron chi connectivity index (χ2n) is 7.88. The first-order valence-electron chi connectivity index (χ1n) is 9.68. The van der Waals surface area contributed by atoms with Gasteiger partial charge in [-0.1, -0.05) is 26.0 Å². The second kappa shape index (κ2) is 10.3. The molecule has 0 aliphatic heterocycles. The molecule has 1 aromatic carbocycles. The minimum Gasteiger partial charge on any atom is -0.349 e. The Hall–Kier alpha value is -2.25. The van der Waals surface area contributed by atoms with Crippen molar-refractivity contribution in [3.63, 3.8) is 0 Å². The van der Waals surface area contributed by atoms with E-state index in [1.54, 1.807) is 11.3 Å². The Balaban J connectivity index is 1.92.